The van der Waals surface area contributed by atoms with Gasteiger partial charge in [-0.05, 0) is 42.5 Å². The van der Waals surface area contributed by atoms with Crippen LogP contribution < -0.4 is 5.32 Å². The van der Waals surface area contributed by atoms with Crippen molar-refractivity contribution in [1.82, 2.24) is 20.5 Å². The molecular formula is C18H17ClN4O3S. The van der Waals surface area contributed by atoms with Crippen LogP contribution in [0.5, 0.6) is 0 Å². The van der Waals surface area contributed by atoms with Crippen LogP contribution in [-0.4, -0.2) is 42.3 Å². The molecule has 1 amide bonds. The number of aromatic amines is 1. The first-order valence-corrected chi connectivity index (χ1v) is 10.4. The van der Waals surface area contributed by atoms with Gasteiger partial charge >= 0.3 is 0 Å². The van der Waals surface area contributed by atoms with Crippen molar-refractivity contribution in [3.63, 3.8) is 0 Å². The minimum Gasteiger partial charge on any atom is -0.352 e. The Morgan fingerprint density at radius 1 is 1.19 bits per heavy atom. The molecule has 3 aromatic rings. The van der Waals surface area contributed by atoms with Gasteiger partial charge in [0.1, 0.15) is 5.82 Å². The van der Waals surface area contributed by atoms with Crippen molar-refractivity contribution >= 4 is 27.3 Å². The minimum absolute atomic E-state index is 0.109. The molecule has 1 heterocycles. The third-order valence-corrected chi connectivity index (χ3v) is 5.17. The van der Waals surface area contributed by atoms with Crippen molar-refractivity contribution in [3.8, 4) is 11.4 Å². The summed E-state index contributed by atoms with van der Waals surface area (Å²) in [5, 5.41) is 10.4. The first kappa shape index (κ1) is 19.1. The van der Waals surface area contributed by atoms with E-state index in [9.17, 15) is 13.2 Å². The van der Waals surface area contributed by atoms with Crippen molar-refractivity contribution in [2.75, 3.05) is 12.8 Å². The van der Waals surface area contributed by atoms with Gasteiger partial charge in [-0.15, -0.1) is 0 Å². The zero-order valence-electron chi connectivity index (χ0n) is 14.4. The maximum Gasteiger partial charge on any atom is 0.251 e. The monoisotopic (exact) mass is 404 g/mol. The molecule has 0 aliphatic rings. The Kier molecular flexibility index (Phi) is 5.57. The van der Waals surface area contributed by atoms with Gasteiger partial charge in [-0.3, -0.25) is 9.89 Å². The number of carbonyl (C=O) groups excluding carboxylic acids is 1. The molecule has 2 aromatic carbocycles. The number of sulfone groups is 1. The van der Waals surface area contributed by atoms with Crippen LogP contribution >= 0.6 is 11.6 Å². The lowest BCUT2D eigenvalue weighted by atomic mass is 10.2. The second kappa shape index (κ2) is 7.89. The number of nitrogens with zero attached hydrogens (tertiary/aromatic N) is 2. The van der Waals surface area contributed by atoms with Crippen molar-refractivity contribution in [1.29, 1.82) is 0 Å². The summed E-state index contributed by atoms with van der Waals surface area (Å²) in [4.78, 5) is 16.7. The van der Waals surface area contributed by atoms with Crippen LogP contribution in [0.4, 0.5) is 0 Å². The van der Waals surface area contributed by atoms with Crippen LogP contribution in [0.1, 0.15) is 16.2 Å². The lowest BCUT2D eigenvalue weighted by Crippen LogP contribution is -2.26. The molecule has 1 aromatic heterocycles. The van der Waals surface area contributed by atoms with E-state index < -0.39 is 9.84 Å². The fourth-order valence-corrected chi connectivity index (χ4v) is 3.19. The van der Waals surface area contributed by atoms with Gasteiger partial charge in [0.25, 0.3) is 5.91 Å². The highest BCUT2D eigenvalue weighted by atomic mass is 35.5. The highest BCUT2D eigenvalue weighted by Gasteiger charge is 2.12. The summed E-state index contributed by atoms with van der Waals surface area (Å²) in [5.74, 6) is 0.830. The Morgan fingerprint density at radius 3 is 2.63 bits per heavy atom. The predicted octanol–water partition coefficient (Wildman–Crippen LogP) is 2.50. The zero-order valence-corrected chi connectivity index (χ0v) is 16.0. The molecule has 0 aliphatic carbocycles. The predicted molar refractivity (Wildman–Crippen MR) is 102 cm³/mol. The third-order valence-electron chi connectivity index (χ3n) is 3.81. The van der Waals surface area contributed by atoms with E-state index >= 15 is 0 Å². The standard InChI is InChI=1S/C18H17ClN4O3S/c1-27(25,26)15-4-2-3-13(11-15)18(24)20-10-9-16-21-17(23-22-16)12-5-7-14(19)8-6-12/h2-8,11H,9-10H2,1H3,(H,20,24)(H,21,22,23). The fourth-order valence-electron chi connectivity index (χ4n) is 2.40. The second-order valence-corrected chi connectivity index (χ2v) is 8.37. The number of halogens is 1. The van der Waals surface area contributed by atoms with Gasteiger partial charge in [0.05, 0.1) is 4.90 Å². The van der Waals surface area contributed by atoms with Crippen molar-refractivity contribution < 1.29 is 13.2 Å². The topological polar surface area (TPSA) is 105 Å². The summed E-state index contributed by atoms with van der Waals surface area (Å²) in [5.41, 5.74) is 1.13. The first-order valence-electron chi connectivity index (χ1n) is 8.08. The molecule has 0 fully saturated rings. The third kappa shape index (κ3) is 4.93. The number of carbonyl (C=O) groups is 1. The molecule has 7 nitrogen and oxygen atoms in total. The Balaban J connectivity index is 1.59. The summed E-state index contributed by atoms with van der Waals surface area (Å²) in [6.45, 7) is 0.331. The van der Waals surface area contributed by atoms with Crippen LogP contribution in [0, 0.1) is 0 Å². The van der Waals surface area contributed by atoms with E-state index in [1.165, 1.54) is 12.1 Å². The van der Waals surface area contributed by atoms with E-state index in [4.69, 9.17) is 11.6 Å². The maximum absolute atomic E-state index is 12.2. The summed E-state index contributed by atoms with van der Waals surface area (Å²) in [7, 11) is -3.36. The Bertz CT molecular complexity index is 1060. The summed E-state index contributed by atoms with van der Waals surface area (Å²) in [6.07, 6.45) is 1.56. The van der Waals surface area contributed by atoms with Crippen molar-refractivity contribution in [2.24, 2.45) is 0 Å². The van der Waals surface area contributed by atoms with Crippen LogP contribution in [0.2, 0.25) is 5.02 Å². The lowest BCUT2D eigenvalue weighted by Gasteiger charge is -2.05. The van der Waals surface area contributed by atoms with Crippen molar-refractivity contribution in [2.45, 2.75) is 11.3 Å². The average molecular weight is 405 g/mol. The molecule has 0 spiro atoms. The fraction of sp³-hybridized carbons (Fsp3) is 0.167. The smallest absolute Gasteiger partial charge is 0.251 e. The van der Waals surface area contributed by atoms with Gasteiger partial charge < -0.3 is 5.32 Å². The van der Waals surface area contributed by atoms with Crippen molar-refractivity contribution in [3.05, 3.63) is 64.9 Å². The highest BCUT2D eigenvalue weighted by molar-refractivity contribution is 7.90. The first-order chi connectivity index (χ1) is 12.8. The van der Waals surface area contributed by atoms with E-state index in [-0.39, 0.29) is 16.4 Å². The summed E-state index contributed by atoms with van der Waals surface area (Å²) < 4.78 is 23.2. The minimum atomic E-state index is -3.36. The second-order valence-electron chi connectivity index (χ2n) is 5.92. The van der Waals surface area contributed by atoms with Gasteiger partial charge in [0.15, 0.2) is 15.7 Å². The molecule has 0 unspecified atom stereocenters. The SMILES string of the molecule is CS(=O)(=O)c1cccc(C(=O)NCCc2nc(-c3ccc(Cl)cc3)n[nH]2)c1. The van der Waals surface area contributed by atoms with Gasteiger partial charge in [-0.1, -0.05) is 17.7 Å². The molecule has 0 saturated heterocycles. The number of amides is 1. The van der Waals surface area contributed by atoms with Gasteiger partial charge in [-0.25, -0.2) is 13.4 Å². The Labute approximate surface area is 161 Å². The molecule has 0 radical (unpaired) electrons. The lowest BCUT2D eigenvalue weighted by molar-refractivity contribution is 0.0954. The van der Waals surface area contributed by atoms with Crippen LogP contribution in [-0.2, 0) is 16.3 Å². The van der Waals surface area contributed by atoms with Crippen LogP contribution in [0.25, 0.3) is 11.4 Å². The number of nitrogens with one attached hydrogen (secondary N) is 2. The molecule has 0 atom stereocenters. The molecule has 140 valence electrons. The van der Waals surface area contributed by atoms with Crippen LogP contribution in [0.3, 0.4) is 0 Å². The quantitative estimate of drug-likeness (QED) is 0.656. The highest BCUT2D eigenvalue weighted by Crippen LogP contribution is 2.17. The van der Waals surface area contributed by atoms with Gasteiger partial charge in [0.2, 0.25) is 0 Å². The van der Waals surface area contributed by atoms with Gasteiger partial charge in [-0.2, -0.15) is 5.10 Å². The molecule has 2 N–H and O–H groups in total. The number of aromatic nitrogens is 3. The normalized spacial score (nSPS) is 11.3. The average Bonchev–Trinajstić information content (AvgIpc) is 3.10. The Hall–Kier alpha value is -2.71. The molecule has 0 aliphatic heterocycles. The number of hydrogen-bond donors (Lipinski definition) is 2. The summed E-state index contributed by atoms with van der Waals surface area (Å²) >= 11 is 5.87. The van der Waals surface area contributed by atoms with E-state index in [1.807, 2.05) is 12.1 Å². The molecule has 3 rings (SSSR count). The van der Waals surface area contributed by atoms with E-state index in [2.05, 4.69) is 20.5 Å². The zero-order chi connectivity index (χ0) is 19.4. The molecule has 9 heteroatoms. The van der Waals surface area contributed by atoms with E-state index in [0.29, 0.717) is 29.6 Å². The number of H-pyrrole nitrogens is 1. The number of benzene rings is 2. The molecular weight excluding hydrogens is 388 g/mol. The Morgan fingerprint density at radius 2 is 1.93 bits per heavy atom. The number of hydrogen-bond acceptors (Lipinski definition) is 5. The number of rotatable bonds is 6. The molecule has 0 bridgehead atoms. The summed E-state index contributed by atoms with van der Waals surface area (Å²) in [6, 6.07) is 13.1. The van der Waals surface area contributed by atoms with E-state index in [0.717, 1.165) is 11.8 Å². The van der Waals surface area contributed by atoms with E-state index in [1.54, 1.807) is 24.3 Å². The van der Waals surface area contributed by atoms with Gasteiger partial charge in [0, 0.05) is 35.4 Å². The largest absolute Gasteiger partial charge is 0.352 e. The van der Waals surface area contributed by atoms with Crippen LogP contribution in [0.15, 0.2) is 53.4 Å². The molecule has 27 heavy (non-hydrogen) atoms. The maximum atomic E-state index is 12.2. The molecule has 0 saturated carbocycles.